The van der Waals surface area contributed by atoms with Gasteiger partial charge in [0, 0.05) is 20.1 Å². The average Bonchev–Trinajstić information content (AvgIpc) is 2.75. The number of methoxy groups -OCH3 is 1. The van der Waals surface area contributed by atoms with Crippen LogP contribution in [0.25, 0.3) is 0 Å². The van der Waals surface area contributed by atoms with Crippen molar-refractivity contribution in [1.29, 1.82) is 0 Å². The number of hydrogen-bond donors (Lipinski definition) is 1. The van der Waals surface area contributed by atoms with Crippen LogP contribution in [0.2, 0.25) is 10.0 Å². The molecule has 3 aromatic rings. The normalized spacial score (nSPS) is 10.9. The third kappa shape index (κ3) is 7.10. The number of amides is 1. The topological polar surface area (TPSA) is 59.9 Å². The summed E-state index contributed by atoms with van der Waals surface area (Å²) in [7, 11) is 1.56. The molecule has 1 N–H and O–H groups in total. The summed E-state index contributed by atoms with van der Waals surface area (Å²) in [5.74, 6) is 0.935. The van der Waals surface area contributed by atoms with Crippen molar-refractivity contribution < 1.29 is 14.3 Å². The summed E-state index contributed by atoms with van der Waals surface area (Å²) in [5.41, 5.74) is 5.01. The second-order valence-electron chi connectivity index (χ2n) is 6.65. The first-order valence-corrected chi connectivity index (χ1v) is 12.0. The zero-order chi connectivity index (χ0) is 23.1. The summed E-state index contributed by atoms with van der Waals surface area (Å²) in [6.07, 6.45) is 1.80. The molecule has 0 aliphatic rings. The molecule has 0 saturated carbocycles. The van der Waals surface area contributed by atoms with E-state index in [0.29, 0.717) is 21.5 Å². The Hall–Kier alpha value is -1.81. The highest BCUT2D eigenvalue weighted by Crippen LogP contribution is 2.34. The Morgan fingerprint density at radius 3 is 2.59 bits per heavy atom. The molecule has 166 valence electrons. The van der Waals surface area contributed by atoms with Gasteiger partial charge in [-0.2, -0.15) is 5.10 Å². The molecule has 0 heterocycles. The van der Waals surface area contributed by atoms with E-state index in [1.54, 1.807) is 31.5 Å². The Kier molecular flexibility index (Phi) is 9.22. The van der Waals surface area contributed by atoms with Crippen LogP contribution in [0.1, 0.15) is 16.7 Å². The minimum Gasteiger partial charge on any atom is -0.493 e. The van der Waals surface area contributed by atoms with Crippen LogP contribution >= 0.6 is 61.7 Å². The molecule has 0 atom stereocenters. The van der Waals surface area contributed by atoms with Gasteiger partial charge in [0.2, 0.25) is 5.91 Å². The van der Waals surface area contributed by atoms with E-state index in [2.05, 4.69) is 49.0 Å². The first-order valence-electron chi connectivity index (χ1n) is 9.36. The minimum absolute atomic E-state index is 0.204. The van der Waals surface area contributed by atoms with Crippen molar-refractivity contribution in [3.8, 4) is 11.5 Å². The lowest BCUT2D eigenvalue weighted by atomic mass is 10.1. The van der Waals surface area contributed by atoms with Gasteiger partial charge in [0.25, 0.3) is 0 Å². The van der Waals surface area contributed by atoms with Crippen LogP contribution < -0.4 is 14.9 Å². The molecule has 0 aromatic heterocycles. The molecule has 9 heteroatoms. The summed E-state index contributed by atoms with van der Waals surface area (Å²) in [5, 5.41) is 5.16. The Morgan fingerprint density at radius 1 is 1.16 bits per heavy atom. The highest BCUT2D eigenvalue weighted by atomic mass is 127. The van der Waals surface area contributed by atoms with E-state index in [0.717, 1.165) is 24.7 Å². The van der Waals surface area contributed by atoms with Gasteiger partial charge in [-0.25, -0.2) is 5.43 Å². The maximum atomic E-state index is 12.1. The monoisotopic (exact) mass is 646 g/mol. The smallest absolute Gasteiger partial charge is 0.244 e. The van der Waals surface area contributed by atoms with E-state index in [1.165, 1.54) is 0 Å². The molecule has 0 fully saturated rings. The molecule has 1 amide bonds. The minimum atomic E-state index is -0.204. The van der Waals surface area contributed by atoms with Crippen LogP contribution in [-0.4, -0.2) is 19.2 Å². The van der Waals surface area contributed by atoms with Gasteiger partial charge in [-0.05, 0) is 70.1 Å². The van der Waals surface area contributed by atoms with Gasteiger partial charge in [-0.15, -0.1) is 0 Å². The van der Waals surface area contributed by atoms with Crippen molar-refractivity contribution in [2.24, 2.45) is 5.10 Å². The van der Waals surface area contributed by atoms with Gasteiger partial charge >= 0.3 is 0 Å². The number of hydrazone groups is 1. The predicted octanol–water partition coefficient (Wildman–Crippen LogP) is 6.64. The number of hydrogen-bond acceptors (Lipinski definition) is 4. The molecule has 3 rings (SSSR count). The van der Waals surface area contributed by atoms with Crippen molar-refractivity contribution in [2.75, 3.05) is 7.11 Å². The van der Waals surface area contributed by atoms with Crippen molar-refractivity contribution in [3.05, 3.63) is 89.4 Å². The molecule has 0 bridgehead atoms. The SMILES string of the molecule is COc1cc(/C=N/NC(=O)Cc2ccc(Br)cc2)cc(I)c1OCc1ccc(Cl)cc1Cl. The van der Waals surface area contributed by atoms with Crippen molar-refractivity contribution in [2.45, 2.75) is 13.0 Å². The molecular formula is C23H18BrCl2IN2O3. The van der Waals surface area contributed by atoms with Crippen molar-refractivity contribution in [3.63, 3.8) is 0 Å². The molecule has 0 aliphatic heterocycles. The summed E-state index contributed by atoms with van der Waals surface area (Å²) in [6, 6.07) is 16.5. The third-order valence-electron chi connectivity index (χ3n) is 4.32. The Bertz CT molecular complexity index is 1140. The Labute approximate surface area is 218 Å². The van der Waals surface area contributed by atoms with Gasteiger partial charge < -0.3 is 9.47 Å². The van der Waals surface area contributed by atoms with E-state index in [9.17, 15) is 4.79 Å². The Morgan fingerprint density at radius 2 is 1.91 bits per heavy atom. The molecule has 0 saturated heterocycles. The van der Waals surface area contributed by atoms with Crippen LogP contribution in [0.4, 0.5) is 0 Å². The molecule has 0 radical (unpaired) electrons. The largest absolute Gasteiger partial charge is 0.493 e. The summed E-state index contributed by atoms with van der Waals surface area (Å²) in [6.45, 7) is 0.266. The number of benzene rings is 3. The standard InChI is InChI=1S/C23H18BrCl2IN2O3/c1-31-21-9-15(12-28-29-22(30)10-14-2-5-17(24)6-3-14)8-20(27)23(21)32-13-16-4-7-18(25)11-19(16)26/h2-9,11-12H,10,13H2,1H3,(H,29,30)/b28-12+. The second kappa shape index (κ2) is 11.9. The lowest BCUT2D eigenvalue weighted by Crippen LogP contribution is -2.19. The zero-order valence-corrected chi connectivity index (χ0v) is 22.1. The molecule has 0 unspecified atom stereocenters. The van der Waals surface area contributed by atoms with E-state index in [1.807, 2.05) is 36.4 Å². The number of carbonyl (C=O) groups is 1. The Balaban J connectivity index is 1.64. The highest BCUT2D eigenvalue weighted by Gasteiger charge is 2.13. The number of carbonyl (C=O) groups excluding carboxylic acids is 1. The molecule has 0 spiro atoms. The third-order valence-corrected chi connectivity index (χ3v) is 6.24. The maximum Gasteiger partial charge on any atom is 0.244 e. The number of rotatable bonds is 8. The first kappa shape index (κ1) is 24.8. The fraction of sp³-hybridized carbons (Fsp3) is 0.130. The first-order chi connectivity index (χ1) is 15.4. The number of nitrogens with one attached hydrogen (secondary N) is 1. The van der Waals surface area contributed by atoms with Crippen molar-refractivity contribution >= 4 is 73.8 Å². The van der Waals surface area contributed by atoms with Crippen LogP contribution in [0.5, 0.6) is 11.5 Å². The fourth-order valence-corrected chi connectivity index (χ4v) is 4.26. The van der Waals surface area contributed by atoms with E-state index >= 15 is 0 Å². The van der Waals surface area contributed by atoms with E-state index in [4.69, 9.17) is 32.7 Å². The average molecular weight is 648 g/mol. The van der Waals surface area contributed by atoms with E-state index in [-0.39, 0.29) is 18.9 Å². The number of halogens is 4. The van der Waals surface area contributed by atoms with Gasteiger partial charge in [-0.3, -0.25) is 4.79 Å². The predicted molar refractivity (Wildman–Crippen MR) is 140 cm³/mol. The molecule has 0 aliphatic carbocycles. The van der Waals surface area contributed by atoms with E-state index < -0.39 is 0 Å². The highest BCUT2D eigenvalue weighted by molar-refractivity contribution is 14.1. The molecule has 5 nitrogen and oxygen atoms in total. The zero-order valence-electron chi connectivity index (χ0n) is 16.9. The van der Waals surface area contributed by atoms with Crippen LogP contribution in [0, 0.1) is 3.57 Å². The summed E-state index contributed by atoms with van der Waals surface area (Å²) in [4.78, 5) is 12.1. The van der Waals surface area contributed by atoms with Crippen LogP contribution in [0.3, 0.4) is 0 Å². The van der Waals surface area contributed by atoms with Gasteiger partial charge in [0.05, 0.1) is 23.3 Å². The van der Waals surface area contributed by atoms with Crippen molar-refractivity contribution in [1.82, 2.24) is 5.43 Å². The second-order valence-corrected chi connectivity index (χ2v) is 9.58. The molecule has 32 heavy (non-hydrogen) atoms. The lowest BCUT2D eigenvalue weighted by Gasteiger charge is -2.14. The fourth-order valence-electron chi connectivity index (χ4n) is 2.75. The van der Waals surface area contributed by atoms with Gasteiger partial charge in [0.1, 0.15) is 6.61 Å². The quantitative estimate of drug-likeness (QED) is 0.169. The number of nitrogens with zero attached hydrogens (tertiary/aromatic N) is 1. The summed E-state index contributed by atoms with van der Waals surface area (Å²) >= 11 is 17.7. The molecule has 3 aromatic carbocycles. The lowest BCUT2D eigenvalue weighted by molar-refractivity contribution is -0.120. The van der Waals surface area contributed by atoms with Crippen LogP contribution in [-0.2, 0) is 17.8 Å². The molecular weight excluding hydrogens is 630 g/mol. The maximum absolute atomic E-state index is 12.1. The number of ether oxygens (including phenoxy) is 2. The van der Waals surface area contributed by atoms with Gasteiger partial charge in [-0.1, -0.05) is 57.3 Å². The van der Waals surface area contributed by atoms with Gasteiger partial charge in [0.15, 0.2) is 11.5 Å². The summed E-state index contributed by atoms with van der Waals surface area (Å²) < 4.78 is 13.2. The van der Waals surface area contributed by atoms with Crippen LogP contribution in [0.15, 0.2) is 64.2 Å².